The summed E-state index contributed by atoms with van der Waals surface area (Å²) in [4.78, 5) is 0. The molecule has 0 aliphatic carbocycles. The Morgan fingerprint density at radius 1 is 1.25 bits per heavy atom. The lowest BCUT2D eigenvalue weighted by atomic mass is 9.98. The Morgan fingerprint density at radius 3 is 2.42 bits per heavy atom. The Kier molecular flexibility index (Phi) is 3.72. The van der Waals surface area contributed by atoms with Gasteiger partial charge < -0.3 is 4.74 Å². The van der Waals surface area contributed by atoms with E-state index in [9.17, 15) is 0 Å². The van der Waals surface area contributed by atoms with Gasteiger partial charge in [-0.1, -0.05) is 24.9 Å². The van der Waals surface area contributed by atoms with Gasteiger partial charge in [0.1, 0.15) is 5.75 Å². The molecule has 0 aliphatic heterocycles. The van der Waals surface area contributed by atoms with Crippen LogP contribution in [-0.2, 0) is 6.42 Å². The fourth-order valence-electron chi connectivity index (χ4n) is 1.10. The van der Waals surface area contributed by atoms with Crippen LogP contribution in [0.3, 0.4) is 0 Å². The van der Waals surface area contributed by atoms with Crippen LogP contribution >= 0.6 is 0 Å². The molecule has 0 aromatic heterocycles. The highest BCUT2D eigenvalue weighted by molar-refractivity contribution is 6.08. The van der Waals surface area contributed by atoms with Gasteiger partial charge in [-0.3, -0.25) is 0 Å². The summed E-state index contributed by atoms with van der Waals surface area (Å²) in [5.41, 5.74) is 1.32. The molecule has 1 aromatic rings. The van der Waals surface area contributed by atoms with Crippen molar-refractivity contribution >= 4 is 7.85 Å². The van der Waals surface area contributed by atoms with Gasteiger partial charge in [0.25, 0.3) is 0 Å². The van der Waals surface area contributed by atoms with Crippen LogP contribution in [0.25, 0.3) is 0 Å². The number of benzene rings is 1. The minimum absolute atomic E-state index is 0.756. The van der Waals surface area contributed by atoms with Gasteiger partial charge in [0.15, 0.2) is 0 Å². The second-order valence-corrected chi connectivity index (χ2v) is 2.74. The van der Waals surface area contributed by atoms with E-state index >= 15 is 0 Å². The molecular formula is C10H13BO. The summed E-state index contributed by atoms with van der Waals surface area (Å²) in [6.45, 7) is 0. The molecule has 1 aromatic carbocycles. The molecule has 0 aliphatic rings. The molecule has 0 N–H and O–H groups in total. The molecule has 12 heavy (non-hydrogen) atoms. The summed E-state index contributed by atoms with van der Waals surface area (Å²) in [5.74, 6) is 0.909. The van der Waals surface area contributed by atoms with Gasteiger partial charge in [-0.05, 0) is 24.1 Å². The van der Waals surface area contributed by atoms with Crippen LogP contribution in [0, 0.1) is 0 Å². The lowest BCUT2D eigenvalue weighted by molar-refractivity contribution is 0.414. The molecule has 2 radical (unpaired) electrons. The van der Waals surface area contributed by atoms with Gasteiger partial charge in [0, 0.05) is 0 Å². The average Bonchev–Trinajstić information content (AvgIpc) is 2.15. The number of hydrogen-bond donors (Lipinski definition) is 0. The normalized spacial score (nSPS) is 9.75. The fraction of sp³-hybridized carbons (Fsp3) is 0.400. The first-order valence-electron chi connectivity index (χ1n) is 4.20. The second-order valence-electron chi connectivity index (χ2n) is 2.74. The second kappa shape index (κ2) is 4.86. The van der Waals surface area contributed by atoms with Crippen molar-refractivity contribution in [2.45, 2.75) is 19.2 Å². The lowest BCUT2D eigenvalue weighted by Gasteiger charge is -2.01. The molecule has 0 saturated carbocycles. The molecule has 2 heteroatoms. The molecule has 1 rings (SSSR count). The quantitative estimate of drug-likeness (QED) is 0.613. The zero-order valence-corrected chi connectivity index (χ0v) is 7.42. The Bertz CT molecular complexity index is 218. The van der Waals surface area contributed by atoms with E-state index in [1.54, 1.807) is 7.11 Å². The van der Waals surface area contributed by atoms with Gasteiger partial charge in [-0.2, -0.15) is 0 Å². The predicted octanol–water partition coefficient (Wildman–Crippen LogP) is 2.21. The van der Waals surface area contributed by atoms with Gasteiger partial charge >= 0.3 is 0 Å². The fourth-order valence-corrected chi connectivity index (χ4v) is 1.10. The first-order chi connectivity index (χ1) is 5.86. The average molecular weight is 160 g/mol. The van der Waals surface area contributed by atoms with E-state index < -0.39 is 0 Å². The first kappa shape index (κ1) is 9.18. The van der Waals surface area contributed by atoms with E-state index in [-0.39, 0.29) is 0 Å². The van der Waals surface area contributed by atoms with Crippen LogP contribution in [0.2, 0.25) is 6.32 Å². The molecule has 0 unspecified atom stereocenters. The Hall–Kier alpha value is -0.915. The predicted molar refractivity (Wildman–Crippen MR) is 51.9 cm³/mol. The lowest BCUT2D eigenvalue weighted by Crippen LogP contribution is -1.86. The summed E-state index contributed by atoms with van der Waals surface area (Å²) in [5, 5.41) is 0. The molecule has 62 valence electrons. The Labute approximate surface area is 75.2 Å². The number of ether oxygens (including phenoxy) is 1. The molecule has 0 bridgehead atoms. The van der Waals surface area contributed by atoms with Crippen molar-refractivity contribution < 1.29 is 4.74 Å². The highest BCUT2D eigenvalue weighted by Gasteiger charge is 1.92. The van der Waals surface area contributed by atoms with Gasteiger partial charge in [-0.25, -0.2) is 0 Å². The number of hydrogen-bond acceptors (Lipinski definition) is 1. The highest BCUT2D eigenvalue weighted by Crippen LogP contribution is 2.12. The Morgan fingerprint density at radius 2 is 1.92 bits per heavy atom. The number of aryl methyl sites for hydroxylation is 1. The molecule has 0 fully saturated rings. The molecule has 0 amide bonds. The Balaban J connectivity index is 2.53. The van der Waals surface area contributed by atoms with E-state index in [4.69, 9.17) is 12.6 Å². The molecule has 1 nitrogen and oxygen atoms in total. The monoisotopic (exact) mass is 160 g/mol. The third-order valence-corrected chi connectivity index (χ3v) is 1.83. The maximum Gasteiger partial charge on any atom is 0.118 e. The summed E-state index contributed by atoms with van der Waals surface area (Å²) >= 11 is 0. The number of methoxy groups -OCH3 is 1. The van der Waals surface area contributed by atoms with E-state index in [2.05, 4.69) is 12.1 Å². The summed E-state index contributed by atoms with van der Waals surface area (Å²) in [7, 11) is 7.08. The summed E-state index contributed by atoms with van der Waals surface area (Å²) in [6, 6.07) is 8.11. The van der Waals surface area contributed by atoms with Crippen LogP contribution in [0.1, 0.15) is 12.0 Å². The van der Waals surface area contributed by atoms with Crippen molar-refractivity contribution in [1.82, 2.24) is 0 Å². The van der Waals surface area contributed by atoms with Crippen molar-refractivity contribution in [2.24, 2.45) is 0 Å². The van der Waals surface area contributed by atoms with Crippen molar-refractivity contribution in [2.75, 3.05) is 7.11 Å². The van der Waals surface area contributed by atoms with Crippen molar-refractivity contribution in [3.05, 3.63) is 29.8 Å². The molecular weight excluding hydrogens is 147 g/mol. The van der Waals surface area contributed by atoms with Gasteiger partial charge in [0.2, 0.25) is 0 Å². The van der Waals surface area contributed by atoms with E-state index in [1.165, 1.54) is 5.56 Å². The topological polar surface area (TPSA) is 9.23 Å². The van der Waals surface area contributed by atoms with E-state index in [0.29, 0.717) is 0 Å². The SMILES string of the molecule is [B]CCCc1ccc(OC)cc1. The zero-order chi connectivity index (χ0) is 8.81. The zero-order valence-electron chi connectivity index (χ0n) is 7.42. The van der Waals surface area contributed by atoms with Crippen LogP contribution in [0.15, 0.2) is 24.3 Å². The first-order valence-corrected chi connectivity index (χ1v) is 4.20. The largest absolute Gasteiger partial charge is 0.497 e. The van der Waals surface area contributed by atoms with Crippen LogP contribution in [0.5, 0.6) is 5.75 Å². The summed E-state index contributed by atoms with van der Waals surface area (Å²) in [6.07, 6.45) is 2.86. The van der Waals surface area contributed by atoms with E-state index in [1.807, 2.05) is 12.1 Å². The van der Waals surface area contributed by atoms with E-state index in [0.717, 1.165) is 24.9 Å². The minimum atomic E-state index is 0.756. The standard InChI is InChI=1S/C10H13BO/c1-12-10-6-4-9(5-7-10)3-2-8-11/h4-7H,2-3,8H2,1H3. The number of rotatable bonds is 4. The summed E-state index contributed by atoms with van der Waals surface area (Å²) < 4.78 is 5.05. The maximum absolute atomic E-state index is 5.41. The molecule has 0 spiro atoms. The minimum Gasteiger partial charge on any atom is -0.497 e. The van der Waals surface area contributed by atoms with Crippen LogP contribution < -0.4 is 4.74 Å². The highest BCUT2D eigenvalue weighted by atomic mass is 16.5. The van der Waals surface area contributed by atoms with Crippen molar-refractivity contribution in [3.8, 4) is 5.75 Å². The van der Waals surface area contributed by atoms with Gasteiger partial charge in [-0.15, -0.1) is 0 Å². The molecule has 0 saturated heterocycles. The molecule has 0 heterocycles. The maximum atomic E-state index is 5.41. The van der Waals surface area contributed by atoms with Crippen LogP contribution in [-0.4, -0.2) is 15.0 Å². The van der Waals surface area contributed by atoms with Gasteiger partial charge in [0.05, 0.1) is 15.0 Å². The van der Waals surface area contributed by atoms with Crippen molar-refractivity contribution in [3.63, 3.8) is 0 Å². The third kappa shape index (κ3) is 2.61. The third-order valence-electron chi connectivity index (χ3n) is 1.83. The van der Waals surface area contributed by atoms with Crippen LogP contribution in [0.4, 0.5) is 0 Å². The molecule has 0 atom stereocenters. The van der Waals surface area contributed by atoms with Crippen molar-refractivity contribution in [1.29, 1.82) is 0 Å². The smallest absolute Gasteiger partial charge is 0.118 e.